The highest BCUT2D eigenvalue weighted by molar-refractivity contribution is 14.1. The molecular weight excluding hydrogens is 2170 g/mol. The number of fused-ring (bicyclic) bond motifs is 1. The summed E-state index contributed by atoms with van der Waals surface area (Å²) in [6.07, 6.45) is 13.1. The molecule has 0 saturated carbocycles. The molecule has 13 heterocycles. The van der Waals surface area contributed by atoms with Crippen molar-refractivity contribution in [2.75, 3.05) is 72.2 Å². The van der Waals surface area contributed by atoms with Crippen molar-refractivity contribution in [2.45, 2.75) is 143 Å². The Hall–Kier alpha value is -14.0. The molecule has 0 amide bonds. The first-order chi connectivity index (χ1) is 67.8. The van der Waals surface area contributed by atoms with Crippen molar-refractivity contribution in [2.24, 2.45) is 28.2 Å². The van der Waals surface area contributed by atoms with Crippen LogP contribution in [0, 0.1) is 9.39 Å². The van der Waals surface area contributed by atoms with Gasteiger partial charge in [0.25, 0.3) is 33.7 Å². The fraction of sp³-hybridized carbons (Fsp3) is 0.333. The van der Waals surface area contributed by atoms with Gasteiger partial charge in [-0.15, -0.1) is 17.0 Å². The number of hydrogen-bond acceptors (Lipinski definition) is 36. The van der Waals surface area contributed by atoms with Crippen LogP contribution < -0.4 is 84.2 Å². The molecule has 0 spiro atoms. The molecule has 1 aromatic carbocycles. The number of anilines is 10. The van der Waals surface area contributed by atoms with Crippen LogP contribution in [0.2, 0.25) is 20.6 Å². The van der Waals surface area contributed by atoms with Gasteiger partial charge in [-0.05, 0) is 213 Å². The van der Waals surface area contributed by atoms with Crippen LogP contribution >= 0.6 is 86.0 Å². The van der Waals surface area contributed by atoms with Crippen LogP contribution in [0.4, 0.5) is 70.8 Å². The summed E-state index contributed by atoms with van der Waals surface area (Å²) in [5.74, 6) is 1.21. The first-order valence-corrected chi connectivity index (χ1v) is 46.4. The van der Waals surface area contributed by atoms with Crippen LogP contribution in [0.25, 0.3) is 16.6 Å². The monoisotopic (exact) mass is 2280 g/mol. The Morgan fingerprint density at radius 1 is 0.493 bits per heavy atom. The second-order valence-electron chi connectivity index (χ2n) is 35.3. The third-order valence-electron chi connectivity index (χ3n) is 19.4. The summed E-state index contributed by atoms with van der Waals surface area (Å²) in [4.78, 5) is 136. The lowest BCUT2D eigenvalue weighted by Crippen LogP contribution is -2.60. The third kappa shape index (κ3) is 36.0. The smallest absolute Gasteiger partial charge is 0.349 e. The number of alkyl halides is 2. The number of nitrogen functional groups attached to an aromatic ring is 2. The summed E-state index contributed by atoms with van der Waals surface area (Å²) in [6, 6.07) is 31.8. The van der Waals surface area contributed by atoms with Crippen molar-refractivity contribution in [1.82, 2.24) is 83.5 Å². The second kappa shape index (κ2) is 52.1. The quantitative estimate of drug-likeness (QED) is 0.0128. The van der Waals surface area contributed by atoms with E-state index < -0.39 is 57.2 Å². The zero-order chi connectivity index (χ0) is 108. The largest absolute Gasteiger partial charge is 0.506 e. The number of aliphatic hydroxyl groups excluding tert-OH is 1. The number of aliphatic hydroxyl groups is 1. The lowest BCUT2D eigenvalue weighted by molar-refractivity contribution is -0.159. The minimum atomic E-state index is -2.60. The van der Waals surface area contributed by atoms with Gasteiger partial charge in [-0.25, -0.2) is 76.4 Å². The maximum atomic E-state index is 14.7. The molecular formula is C96H110BrCl4F3IN23O18. The molecule has 1 saturated heterocycles. The number of rotatable bonds is 28. The van der Waals surface area contributed by atoms with Gasteiger partial charge in [-0.2, -0.15) is 20.4 Å². The molecule has 13 aromatic rings. The first kappa shape index (κ1) is 119. The Morgan fingerprint density at radius 3 is 1.18 bits per heavy atom. The van der Waals surface area contributed by atoms with E-state index in [4.69, 9.17) is 96.1 Å². The van der Waals surface area contributed by atoms with Gasteiger partial charge in [0.1, 0.15) is 109 Å². The van der Waals surface area contributed by atoms with E-state index in [2.05, 4.69) is 76.5 Å². The highest BCUT2D eigenvalue weighted by atomic mass is 127. The number of likely N-dealkylation sites (tertiary alicyclic amines) is 1. The van der Waals surface area contributed by atoms with Crippen molar-refractivity contribution in [1.29, 1.82) is 0 Å². The van der Waals surface area contributed by atoms with E-state index in [9.17, 15) is 61.4 Å². The summed E-state index contributed by atoms with van der Waals surface area (Å²) in [5.41, 5.74) is 6.28. The predicted octanol–water partition coefficient (Wildman–Crippen LogP) is 15.2. The van der Waals surface area contributed by atoms with Gasteiger partial charge in [0.15, 0.2) is 55.8 Å². The fourth-order valence-corrected chi connectivity index (χ4v) is 13.8. The summed E-state index contributed by atoms with van der Waals surface area (Å²) < 4.78 is 84.9. The van der Waals surface area contributed by atoms with E-state index >= 15 is 0 Å². The molecule has 0 atom stereocenters. The number of benzene rings is 1. The van der Waals surface area contributed by atoms with Crippen molar-refractivity contribution in [3.8, 4) is 40.3 Å². The molecule has 780 valence electrons. The van der Waals surface area contributed by atoms with Gasteiger partial charge >= 0.3 is 11.9 Å². The number of carbonyl (C=O) groups excluding carboxylic acids is 4. The van der Waals surface area contributed by atoms with E-state index in [0.29, 0.717) is 104 Å². The molecule has 1 aliphatic rings. The second-order valence-corrected chi connectivity index (χ2v) is 38.0. The Balaban J connectivity index is 0.000000234. The average molecular weight is 2280 g/mol. The number of nitrogens with two attached hydrogens (primary N) is 2. The maximum Gasteiger partial charge on any atom is 0.349 e. The Morgan fingerprint density at radius 2 is 0.856 bits per heavy atom. The average Bonchev–Trinajstić information content (AvgIpc) is 0.757. The van der Waals surface area contributed by atoms with Gasteiger partial charge in [0, 0.05) is 75.0 Å². The summed E-state index contributed by atoms with van der Waals surface area (Å²) in [7, 11) is 6.02. The SMILES string of the molecule is Br.CC(C)(C)c1cc(F)c2c(=O)n(-c3nccc(I)c3C=O)ccc2c1.CCOC(=O)C(C)(C)Oc1ccc(N)nc1.CCOC(=O)C(C)(C)Oc1ccc(Nc2cc(Cl)nn(C)c2=O)nc1.Cn1nc(Cl)cc(Nc2ccc(OC(C)(C)C=O)cn2)c1=O.Cn1nc(Cl)cc(Nc2ccc(OC(C)(C)CN3CC(F)(F)C3)cn2)c1=O.Cn1nc(Cl)cc(Nc2ccc(OC(C)(C)CO)cn2)c1=O.Nc1ccc(O)cn1. The predicted molar refractivity (Wildman–Crippen MR) is 563 cm³/mol. The summed E-state index contributed by atoms with van der Waals surface area (Å²) >= 11 is 25.4. The van der Waals surface area contributed by atoms with Gasteiger partial charge in [-0.3, -0.25) is 43.0 Å². The van der Waals surface area contributed by atoms with Crippen LogP contribution in [0.15, 0.2) is 195 Å². The van der Waals surface area contributed by atoms with Crippen LogP contribution in [-0.4, -0.2) is 192 Å². The number of nitrogens with one attached hydrogen (secondary N) is 4. The van der Waals surface area contributed by atoms with E-state index in [-0.39, 0.29) is 131 Å². The zero-order valence-electron chi connectivity index (χ0n) is 82.7. The van der Waals surface area contributed by atoms with E-state index in [0.717, 1.165) is 24.3 Å². The Kier molecular flexibility index (Phi) is 42.5. The van der Waals surface area contributed by atoms with Gasteiger partial charge in [-0.1, -0.05) is 73.2 Å². The Labute approximate surface area is 879 Å². The number of ether oxygens (including phenoxy) is 7. The van der Waals surface area contributed by atoms with Gasteiger partial charge < -0.3 is 76.1 Å². The van der Waals surface area contributed by atoms with Crippen molar-refractivity contribution >= 4 is 179 Å². The number of pyridine rings is 8. The molecule has 41 nitrogen and oxygen atoms in total. The first-order valence-electron chi connectivity index (χ1n) is 43.8. The normalized spacial score (nSPS) is 12.1. The number of halogens is 9. The molecule has 0 radical (unpaired) electrons. The van der Waals surface area contributed by atoms with Crippen LogP contribution in [0.3, 0.4) is 0 Å². The minimum absolute atomic E-state index is 0. The number of esters is 2. The molecule has 12 aromatic heterocycles. The van der Waals surface area contributed by atoms with Crippen molar-refractivity contribution < 1.29 is 75.7 Å². The number of hydrogen-bond donors (Lipinski definition) is 8. The molecule has 0 bridgehead atoms. The third-order valence-corrected chi connectivity index (χ3v) is 21.1. The minimum Gasteiger partial charge on any atom is -0.506 e. The number of aryl methyl sites for hydroxylation is 4. The van der Waals surface area contributed by atoms with Crippen LogP contribution in [0.1, 0.15) is 120 Å². The van der Waals surface area contributed by atoms with E-state index in [1.165, 1.54) is 125 Å². The molecule has 0 unspecified atom stereocenters. The van der Waals surface area contributed by atoms with Gasteiger partial charge in [0.05, 0.1) is 81.0 Å². The zero-order valence-corrected chi connectivity index (χ0v) is 89.6. The highest BCUT2D eigenvalue weighted by Gasteiger charge is 2.46. The maximum absolute atomic E-state index is 14.7. The molecule has 0 aliphatic carbocycles. The van der Waals surface area contributed by atoms with Crippen molar-refractivity contribution in [3.05, 3.63) is 264 Å². The molecule has 50 heteroatoms. The standard InChI is InChI=1S/C19H16FIN2O2.C17H20ClF2N5O2.C16H19ClN4O4.C14H17ClN4O3.C14H15ClN4O3.C11H16N2O3.C5H6N2O.BrH/c1-19(2,3)12-8-11-5-7-23(18(25)16(11)14(20)9-12)17-13(10-24)15(21)4-6-22-17;1-16(2,8-25-9-17(19,20)10-25)27-11-4-5-14(21-7-11)22-12-6-13(18)23-24(3)15(12)26;1-5-24-15(23)16(2,3)25-10-6-7-13(18-9-10)19-11-8-12(17)20-21(4)14(11)22;2*1-14(2,8-20)22-9-4-5-12(16-7-9)17-10-6-11(15)18-19(3)13(10)21;1-4-15-10(14)11(2,3)16-8-5-6-9(12)13-7-8;6-5-2-1-4(8)3-7-5;/h4-10H,1-3H3;4-7H,8-10H2,1-3H3,(H,21,22);6-9H,5H2,1-4H3,(H,18,19);4-7,20H,8H2,1-3H3,(H,16,17);4-8H,1-3H3,(H,16,17);5-7H,4H2,1-3H3,(H2,12,13);1-3,8H,(H2,6,7);1H. The topological polar surface area (TPSA) is 529 Å². The number of carbonyl (C=O) groups is 4. The summed E-state index contributed by atoms with van der Waals surface area (Å²) in [6.45, 7) is 26.8. The Bertz CT molecular complexity index is 6970. The summed E-state index contributed by atoms with van der Waals surface area (Å²) in [5, 5.41) is 45.8. The fourth-order valence-electron chi connectivity index (χ4n) is 12.3. The highest BCUT2D eigenvalue weighted by Crippen LogP contribution is 2.33. The van der Waals surface area contributed by atoms with Crippen molar-refractivity contribution in [3.63, 3.8) is 0 Å². The van der Waals surface area contributed by atoms with E-state index in [1.807, 2.05) is 63.3 Å². The number of nitrogens with zero attached hydrogens (tertiary/aromatic N) is 17. The van der Waals surface area contributed by atoms with Crippen LogP contribution in [-0.2, 0) is 57.5 Å². The number of aldehydes is 2. The number of aromatic nitrogens is 16. The van der Waals surface area contributed by atoms with E-state index in [1.54, 1.807) is 147 Å². The lowest BCUT2D eigenvalue weighted by Gasteiger charge is -2.42. The molecule has 1 fully saturated rings. The molecule has 1 aliphatic heterocycles. The number of aromatic hydroxyl groups is 1. The molecule has 146 heavy (non-hydrogen) atoms. The van der Waals surface area contributed by atoms with Crippen LogP contribution in [0.5, 0.6) is 34.5 Å². The molecule has 14 rings (SSSR count). The lowest BCUT2D eigenvalue weighted by atomic mass is 9.86. The van der Waals surface area contributed by atoms with Gasteiger partial charge in [0.2, 0.25) is 0 Å². The molecule has 10 N–H and O–H groups in total.